The summed E-state index contributed by atoms with van der Waals surface area (Å²) in [7, 11) is 0. The van der Waals surface area contributed by atoms with Crippen LogP contribution in [0, 0.1) is 0 Å². The lowest BCUT2D eigenvalue weighted by atomic mass is 10.3. The Morgan fingerprint density at radius 1 is 1.50 bits per heavy atom. The number of hydrogen-bond donors (Lipinski definition) is 1. The second kappa shape index (κ2) is 4.81. The molecule has 0 aliphatic rings. The van der Waals surface area contributed by atoms with Crippen LogP contribution in [0.5, 0.6) is 0 Å². The molecule has 2 aromatic heterocycles. The van der Waals surface area contributed by atoms with E-state index in [1.54, 1.807) is 17.5 Å². The molecule has 2 rings (SSSR count). The van der Waals surface area contributed by atoms with Gasteiger partial charge in [0.25, 0.3) is 0 Å². The van der Waals surface area contributed by atoms with Gasteiger partial charge in [0.2, 0.25) is 11.8 Å². The van der Waals surface area contributed by atoms with Crippen LogP contribution in [0.3, 0.4) is 0 Å². The van der Waals surface area contributed by atoms with E-state index < -0.39 is 18.5 Å². The number of hydrogen-bond acceptors (Lipinski definition) is 4. The first kappa shape index (κ1) is 12.6. The lowest BCUT2D eigenvalue weighted by Crippen LogP contribution is -2.21. The van der Waals surface area contributed by atoms with Crippen molar-refractivity contribution in [3.8, 4) is 10.6 Å². The standard InChI is InChI=1S/C10H7F3N2O2S/c11-10(12,13)4-7(16)15-9-8(14-5-17-9)6-2-1-3-18-6/h1-3,5H,4H2,(H,15,16). The minimum absolute atomic E-state index is 0.0771. The normalized spacial score (nSPS) is 11.5. The molecule has 0 fully saturated rings. The molecule has 0 aliphatic heterocycles. The topological polar surface area (TPSA) is 55.1 Å². The highest BCUT2D eigenvalue weighted by atomic mass is 32.1. The summed E-state index contributed by atoms with van der Waals surface area (Å²) in [6.07, 6.45) is -5.04. The summed E-state index contributed by atoms with van der Waals surface area (Å²) in [6, 6.07) is 3.48. The highest BCUT2D eigenvalue weighted by Gasteiger charge is 2.32. The van der Waals surface area contributed by atoms with Crippen LogP contribution >= 0.6 is 11.3 Å². The van der Waals surface area contributed by atoms with E-state index in [0.717, 1.165) is 6.39 Å². The van der Waals surface area contributed by atoms with Crippen molar-refractivity contribution in [2.45, 2.75) is 12.6 Å². The van der Waals surface area contributed by atoms with Crippen molar-refractivity contribution >= 4 is 23.1 Å². The first-order valence-electron chi connectivity index (χ1n) is 4.79. The molecule has 0 atom stereocenters. The van der Waals surface area contributed by atoms with Crippen LogP contribution in [0.2, 0.25) is 0 Å². The summed E-state index contributed by atoms with van der Waals surface area (Å²) in [4.78, 5) is 15.7. The van der Waals surface area contributed by atoms with Crippen LogP contribution in [0.4, 0.5) is 19.1 Å². The largest absolute Gasteiger partial charge is 0.427 e. The van der Waals surface area contributed by atoms with Crippen LogP contribution in [-0.4, -0.2) is 17.1 Å². The fourth-order valence-electron chi connectivity index (χ4n) is 1.28. The molecule has 2 aromatic rings. The number of carbonyl (C=O) groups excluding carboxylic acids is 1. The predicted molar refractivity (Wildman–Crippen MR) is 59.1 cm³/mol. The van der Waals surface area contributed by atoms with E-state index >= 15 is 0 Å². The molecule has 0 saturated carbocycles. The van der Waals surface area contributed by atoms with E-state index in [2.05, 4.69) is 10.3 Å². The second-order valence-corrected chi connectivity index (χ2v) is 4.30. The molecule has 0 unspecified atom stereocenters. The fraction of sp³-hybridized carbons (Fsp3) is 0.200. The molecule has 1 N–H and O–H groups in total. The van der Waals surface area contributed by atoms with Gasteiger partial charge in [-0.05, 0) is 11.4 Å². The number of rotatable bonds is 3. The summed E-state index contributed by atoms with van der Waals surface area (Å²) in [5, 5.41) is 3.84. The average Bonchev–Trinajstić information content (AvgIpc) is 2.82. The molecular formula is C10H7F3N2O2S. The maximum absolute atomic E-state index is 12.0. The van der Waals surface area contributed by atoms with E-state index in [1.165, 1.54) is 11.3 Å². The number of aromatic nitrogens is 1. The number of thiophene rings is 1. The van der Waals surface area contributed by atoms with Crippen molar-refractivity contribution in [3.63, 3.8) is 0 Å². The third kappa shape index (κ3) is 3.10. The van der Waals surface area contributed by atoms with Gasteiger partial charge in [0.05, 0.1) is 4.88 Å². The molecule has 0 radical (unpaired) electrons. The average molecular weight is 276 g/mol. The van der Waals surface area contributed by atoms with E-state index in [-0.39, 0.29) is 5.88 Å². The van der Waals surface area contributed by atoms with Crippen molar-refractivity contribution in [2.24, 2.45) is 0 Å². The Morgan fingerprint density at radius 3 is 2.89 bits per heavy atom. The van der Waals surface area contributed by atoms with E-state index in [9.17, 15) is 18.0 Å². The SMILES string of the molecule is O=C(CC(F)(F)F)Nc1ocnc1-c1cccs1. The minimum atomic E-state index is -4.55. The molecule has 0 aliphatic carbocycles. The van der Waals surface area contributed by atoms with Crippen molar-refractivity contribution in [3.05, 3.63) is 23.9 Å². The molecule has 0 saturated heterocycles. The molecule has 2 heterocycles. The van der Waals surface area contributed by atoms with Gasteiger partial charge in [-0.3, -0.25) is 10.1 Å². The number of alkyl halides is 3. The highest BCUT2D eigenvalue weighted by molar-refractivity contribution is 7.13. The molecule has 1 amide bonds. The number of anilines is 1. The number of halogens is 3. The summed E-state index contributed by atoms with van der Waals surface area (Å²) < 4.78 is 40.9. The Hall–Kier alpha value is -1.83. The number of nitrogens with one attached hydrogen (secondary N) is 1. The first-order chi connectivity index (χ1) is 8.46. The van der Waals surface area contributed by atoms with E-state index in [4.69, 9.17) is 4.42 Å². The zero-order valence-electron chi connectivity index (χ0n) is 8.82. The van der Waals surface area contributed by atoms with Gasteiger partial charge < -0.3 is 4.42 Å². The molecule has 4 nitrogen and oxygen atoms in total. The Kier molecular flexibility index (Phi) is 3.37. The molecule has 0 aromatic carbocycles. The second-order valence-electron chi connectivity index (χ2n) is 3.35. The van der Waals surface area contributed by atoms with E-state index in [0.29, 0.717) is 10.6 Å². The molecule has 18 heavy (non-hydrogen) atoms. The van der Waals surface area contributed by atoms with Crippen molar-refractivity contribution in [1.82, 2.24) is 4.98 Å². The maximum Gasteiger partial charge on any atom is 0.397 e. The molecule has 96 valence electrons. The van der Waals surface area contributed by atoms with Crippen molar-refractivity contribution in [1.29, 1.82) is 0 Å². The number of oxazole rings is 1. The highest BCUT2D eigenvalue weighted by Crippen LogP contribution is 2.30. The molecular weight excluding hydrogens is 269 g/mol. The maximum atomic E-state index is 12.0. The Balaban J connectivity index is 2.12. The smallest absolute Gasteiger partial charge is 0.397 e. The molecule has 0 spiro atoms. The third-order valence-corrected chi connectivity index (χ3v) is 2.81. The van der Waals surface area contributed by atoms with Crippen molar-refractivity contribution in [2.75, 3.05) is 5.32 Å². The van der Waals surface area contributed by atoms with Gasteiger partial charge >= 0.3 is 6.18 Å². The number of nitrogens with zero attached hydrogens (tertiary/aromatic N) is 1. The zero-order chi connectivity index (χ0) is 13.2. The van der Waals surface area contributed by atoms with E-state index in [1.807, 2.05) is 0 Å². The Labute approximate surface area is 103 Å². The van der Waals surface area contributed by atoms with Gasteiger partial charge in [-0.15, -0.1) is 11.3 Å². The van der Waals surface area contributed by atoms with Crippen LogP contribution in [-0.2, 0) is 4.79 Å². The fourth-order valence-corrected chi connectivity index (χ4v) is 1.99. The van der Waals surface area contributed by atoms with Crippen molar-refractivity contribution < 1.29 is 22.4 Å². The Morgan fingerprint density at radius 2 is 2.28 bits per heavy atom. The van der Waals surface area contributed by atoms with Crippen LogP contribution in [0.25, 0.3) is 10.6 Å². The zero-order valence-corrected chi connectivity index (χ0v) is 9.64. The summed E-state index contributed by atoms with van der Waals surface area (Å²) in [5.41, 5.74) is 0.320. The molecule has 8 heteroatoms. The number of carbonyl (C=O) groups is 1. The quantitative estimate of drug-likeness (QED) is 0.935. The lowest BCUT2D eigenvalue weighted by Gasteiger charge is -2.06. The number of amides is 1. The summed E-state index contributed by atoms with van der Waals surface area (Å²) in [5.74, 6) is -1.26. The van der Waals surface area contributed by atoms with Crippen LogP contribution < -0.4 is 5.32 Å². The predicted octanol–water partition coefficient (Wildman–Crippen LogP) is 3.29. The summed E-state index contributed by atoms with van der Waals surface area (Å²) >= 11 is 1.34. The van der Waals surface area contributed by atoms with Gasteiger partial charge in [-0.25, -0.2) is 4.98 Å². The lowest BCUT2D eigenvalue weighted by molar-refractivity contribution is -0.150. The van der Waals surface area contributed by atoms with Gasteiger partial charge in [0, 0.05) is 0 Å². The van der Waals surface area contributed by atoms with Gasteiger partial charge in [0.1, 0.15) is 12.1 Å². The summed E-state index contributed by atoms with van der Waals surface area (Å²) in [6.45, 7) is 0. The van der Waals surface area contributed by atoms with Gasteiger partial charge in [-0.1, -0.05) is 6.07 Å². The van der Waals surface area contributed by atoms with Crippen LogP contribution in [0.15, 0.2) is 28.3 Å². The molecule has 0 bridgehead atoms. The Bertz CT molecular complexity index is 534. The van der Waals surface area contributed by atoms with Gasteiger partial charge in [0.15, 0.2) is 6.39 Å². The first-order valence-corrected chi connectivity index (χ1v) is 5.67. The monoisotopic (exact) mass is 276 g/mol. The van der Waals surface area contributed by atoms with Crippen LogP contribution in [0.1, 0.15) is 6.42 Å². The third-order valence-electron chi connectivity index (χ3n) is 1.94. The minimum Gasteiger partial charge on any atom is -0.427 e. The van der Waals surface area contributed by atoms with Gasteiger partial charge in [-0.2, -0.15) is 13.2 Å².